The van der Waals surface area contributed by atoms with Crippen molar-refractivity contribution in [2.45, 2.75) is 13.1 Å². The summed E-state index contributed by atoms with van der Waals surface area (Å²) in [7, 11) is 0. The first kappa shape index (κ1) is 23.0. The minimum Gasteiger partial charge on any atom is -0.454 e. The highest BCUT2D eigenvalue weighted by Gasteiger charge is 2.23. The van der Waals surface area contributed by atoms with Gasteiger partial charge in [0.25, 0.3) is 0 Å². The molecule has 0 saturated heterocycles. The molecule has 1 aliphatic heterocycles. The van der Waals surface area contributed by atoms with Gasteiger partial charge in [-0.05, 0) is 34.4 Å². The molecular weight excluding hydrogens is 484 g/mol. The van der Waals surface area contributed by atoms with E-state index in [1.54, 1.807) is 6.33 Å². The fourth-order valence-electron chi connectivity index (χ4n) is 5.35. The average Bonchev–Trinajstić information content (AvgIpc) is 3.59. The van der Waals surface area contributed by atoms with E-state index in [9.17, 15) is 5.41 Å². The second-order valence-electron chi connectivity index (χ2n) is 9.63. The Bertz CT molecular complexity index is 1840. The van der Waals surface area contributed by atoms with Crippen LogP contribution in [0.1, 0.15) is 11.1 Å². The zero-order valence-corrected chi connectivity index (χ0v) is 21.2. The van der Waals surface area contributed by atoms with Gasteiger partial charge in [0.1, 0.15) is 11.1 Å². The summed E-state index contributed by atoms with van der Waals surface area (Å²) in [6, 6.07) is 37.1. The van der Waals surface area contributed by atoms with Crippen LogP contribution in [0.4, 0.5) is 0 Å². The van der Waals surface area contributed by atoms with Crippen LogP contribution in [0.3, 0.4) is 0 Å². The lowest BCUT2D eigenvalue weighted by Gasteiger charge is -2.13. The highest BCUT2D eigenvalue weighted by atomic mass is 16.7. The van der Waals surface area contributed by atoms with Crippen molar-refractivity contribution in [1.29, 1.82) is 5.41 Å². The monoisotopic (exact) mass is 510 g/mol. The van der Waals surface area contributed by atoms with Gasteiger partial charge in [-0.3, -0.25) is 5.41 Å². The molecule has 1 N–H and O–H groups in total. The molecule has 0 spiro atoms. The van der Waals surface area contributed by atoms with Crippen LogP contribution in [-0.4, -0.2) is 20.9 Å². The molecule has 0 fully saturated rings. The number of benzene rings is 4. The van der Waals surface area contributed by atoms with Crippen molar-refractivity contribution in [1.82, 2.24) is 14.1 Å². The molecule has 6 aromatic rings. The summed E-state index contributed by atoms with van der Waals surface area (Å²) in [4.78, 5) is 4.99. The second-order valence-corrected chi connectivity index (χ2v) is 9.63. The van der Waals surface area contributed by atoms with Crippen molar-refractivity contribution < 1.29 is 9.47 Å². The summed E-state index contributed by atoms with van der Waals surface area (Å²) < 4.78 is 15.2. The third-order valence-electron chi connectivity index (χ3n) is 7.16. The van der Waals surface area contributed by atoms with Gasteiger partial charge < -0.3 is 18.6 Å². The van der Waals surface area contributed by atoms with E-state index in [0.29, 0.717) is 18.6 Å². The molecule has 0 aliphatic carbocycles. The third kappa shape index (κ3) is 4.16. The Hall–Kier alpha value is -5.10. The first-order chi connectivity index (χ1) is 19.3. The largest absolute Gasteiger partial charge is 0.454 e. The number of nitrogens with one attached hydrogen (secondary N) is 1. The highest BCUT2D eigenvalue weighted by molar-refractivity contribution is 6.02. The minimum absolute atomic E-state index is 0.237. The second kappa shape index (κ2) is 9.65. The van der Waals surface area contributed by atoms with E-state index in [1.165, 1.54) is 5.56 Å². The van der Waals surface area contributed by atoms with Crippen LogP contribution in [0.2, 0.25) is 0 Å². The Kier molecular flexibility index (Phi) is 5.70. The molecule has 1 aliphatic rings. The highest BCUT2D eigenvalue weighted by Crippen LogP contribution is 2.39. The molecule has 4 aromatic carbocycles. The average molecular weight is 511 g/mol. The maximum atomic E-state index is 9.44. The van der Waals surface area contributed by atoms with Gasteiger partial charge in [0.2, 0.25) is 6.79 Å². The standard InChI is InChI=1S/C33H26N4O2/c34-32-30-29(25-12-6-2-7-13-25)31(26-14-8-3-9-15-26)37(20-23-10-4-1-5-11-23)33(30)35-21-36(32)19-24-16-17-27-28(18-24)39-22-38-27/h1-18,21,34H,19-20,22H2. The van der Waals surface area contributed by atoms with Crippen LogP contribution < -0.4 is 15.0 Å². The van der Waals surface area contributed by atoms with E-state index in [4.69, 9.17) is 14.5 Å². The van der Waals surface area contributed by atoms with Crippen molar-refractivity contribution in [3.05, 3.63) is 132 Å². The molecule has 190 valence electrons. The number of ether oxygens (including phenoxy) is 2. The number of aromatic nitrogens is 3. The van der Waals surface area contributed by atoms with E-state index in [-0.39, 0.29) is 6.79 Å². The normalized spacial score (nSPS) is 12.2. The lowest BCUT2D eigenvalue weighted by atomic mass is 9.99. The molecule has 0 unspecified atom stereocenters. The van der Waals surface area contributed by atoms with Crippen molar-refractivity contribution in [3.63, 3.8) is 0 Å². The Balaban J connectivity index is 1.48. The lowest BCUT2D eigenvalue weighted by molar-refractivity contribution is 0.174. The quantitative estimate of drug-likeness (QED) is 0.279. The molecular formula is C33H26N4O2. The molecule has 0 amide bonds. The van der Waals surface area contributed by atoms with Crippen LogP contribution in [0.15, 0.2) is 116 Å². The summed E-state index contributed by atoms with van der Waals surface area (Å²) in [5.74, 6) is 1.49. The van der Waals surface area contributed by atoms with Crippen molar-refractivity contribution in [2.24, 2.45) is 0 Å². The fourth-order valence-corrected chi connectivity index (χ4v) is 5.35. The van der Waals surface area contributed by atoms with Gasteiger partial charge >= 0.3 is 0 Å². The third-order valence-corrected chi connectivity index (χ3v) is 7.16. The molecule has 7 rings (SSSR count). The Morgan fingerprint density at radius 3 is 2.10 bits per heavy atom. The van der Waals surface area contributed by atoms with Gasteiger partial charge in [0.05, 0.1) is 24.0 Å². The first-order valence-corrected chi connectivity index (χ1v) is 13.0. The summed E-state index contributed by atoms with van der Waals surface area (Å²) in [6.45, 7) is 1.38. The van der Waals surface area contributed by atoms with Gasteiger partial charge in [0.15, 0.2) is 11.5 Å². The molecule has 0 saturated carbocycles. The molecule has 0 atom stereocenters. The maximum Gasteiger partial charge on any atom is 0.231 e. The topological polar surface area (TPSA) is 65.1 Å². The van der Waals surface area contributed by atoms with E-state index in [1.807, 2.05) is 53.1 Å². The summed E-state index contributed by atoms with van der Waals surface area (Å²) >= 11 is 0. The predicted octanol–water partition coefficient (Wildman–Crippen LogP) is 6.48. The zero-order valence-electron chi connectivity index (χ0n) is 21.2. The van der Waals surface area contributed by atoms with Crippen LogP contribution in [0.25, 0.3) is 33.4 Å². The van der Waals surface area contributed by atoms with E-state index >= 15 is 0 Å². The number of rotatable bonds is 6. The Morgan fingerprint density at radius 2 is 1.36 bits per heavy atom. The molecule has 2 aromatic heterocycles. The number of hydrogen-bond acceptors (Lipinski definition) is 4. The molecule has 3 heterocycles. The number of hydrogen-bond donors (Lipinski definition) is 1. The van der Waals surface area contributed by atoms with Gasteiger partial charge in [-0.15, -0.1) is 0 Å². The van der Waals surface area contributed by atoms with Gasteiger partial charge in [-0.25, -0.2) is 4.98 Å². The van der Waals surface area contributed by atoms with Gasteiger partial charge in [-0.2, -0.15) is 0 Å². The summed E-state index contributed by atoms with van der Waals surface area (Å²) in [6.07, 6.45) is 1.78. The van der Waals surface area contributed by atoms with Gasteiger partial charge in [-0.1, -0.05) is 97.1 Å². The molecule has 39 heavy (non-hydrogen) atoms. The molecule has 0 bridgehead atoms. The van der Waals surface area contributed by atoms with Crippen LogP contribution in [-0.2, 0) is 13.1 Å². The van der Waals surface area contributed by atoms with Crippen molar-refractivity contribution in [2.75, 3.05) is 6.79 Å². The lowest BCUT2D eigenvalue weighted by Crippen LogP contribution is -2.21. The summed E-state index contributed by atoms with van der Waals surface area (Å²) in [5.41, 5.74) is 7.64. The van der Waals surface area contributed by atoms with E-state index < -0.39 is 0 Å². The van der Waals surface area contributed by atoms with Crippen LogP contribution in [0, 0.1) is 5.41 Å². The number of nitrogens with zero attached hydrogens (tertiary/aromatic N) is 3. The smallest absolute Gasteiger partial charge is 0.231 e. The van der Waals surface area contributed by atoms with E-state index in [2.05, 4.69) is 65.2 Å². The zero-order chi connectivity index (χ0) is 26.2. The number of fused-ring (bicyclic) bond motifs is 2. The minimum atomic E-state index is 0.237. The molecule has 6 heteroatoms. The Labute approximate surface area is 225 Å². The van der Waals surface area contributed by atoms with Gasteiger partial charge in [0, 0.05) is 12.1 Å². The van der Waals surface area contributed by atoms with Crippen molar-refractivity contribution >= 4 is 11.0 Å². The molecule has 6 nitrogen and oxygen atoms in total. The summed E-state index contributed by atoms with van der Waals surface area (Å²) in [5, 5.41) is 10.3. The van der Waals surface area contributed by atoms with Crippen LogP contribution >= 0.6 is 0 Å². The molecule has 0 radical (unpaired) electrons. The first-order valence-electron chi connectivity index (χ1n) is 13.0. The van der Waals surface area contributed by atoms with Crippen LogP contribution in [0.5, 0.6) is 11.5 Å². The fraction of sp³-hybridized carbons (Fsp3) is 0.0909. The maximum absolute atomic E-state index is 9.44. The van der Waals surface area contributed by atoms with E-state index in [0.717, 1.165) is 50.5 Å². The SMILES string of the molecule is N=c1c2c(-c3ccccc3)c(-c3ccccc3)n(Cc3ccccc3)c2ncn1Cc1ccc2c(c1)OCO2. The predicted molar refractivity (Wildman–Crippen MR) is 152 cm³/mol. The Morgan fingerprint density at radius 1 is 0.692 bits per heavy atom. The van der Waals surface area contributed by atoms with Crippen molar-refractivity contribution in [3.8, 4) is 33.9 Å².